The van der Waals surface area contributed by atoms with E-state index < -0.39 is 0 Å². The van der Waals surface area contributed by atoms with E-state index in [9.17, 15) is 9.59 Å². The van der Waals surface area contributed by atoms with Crippen LogP contribution in [-0.4, -0.2) is 23.8 Å². The molecule has 2 atom stereocenters. The van der Waals surface area contributed by atoms with E-state index in [1.807, 2.05) is 12.1 Å². The normalized spacial score (nSPS) is 21.0. The summed E-state index contributed by atoms with van der Waals surface area (Å²) in [5.74, 6) is -0.828. The number of rotatable bonds is 4. The Labute approximate surface area is 127 Å². The lowest BCUT2D eigenvalue weighted by Gasteiger charge is -2.35. The van der Waals surface area contributed by atoms with Crippen LogP contribution >= 0.6 is 11.3 Å². The van der Waals surface area contributed by atoms with Gasteiger partial charge in [0.2, 0.25) is 11.8 Å². The number of fused-ring (bicyclic) bond motifs is 1. The average molecular weight is 302 g/mol. The Morgan fingerprint density at radius 1 is 1.29 bits per heavy atom. The quantitative estimate of drug-likeness (QED) is 0.942. The zero-order valence-electron chi connectivity index (χ0n) is 11.9. The average Bonchev–Trinajstić information content (AvgIpc) is 2.80. The highest BCUT2D eigenvalue weighted by Crippen LogP contribution is 2.36. The van der Waals surface area contributed by atoms with Crippen molar-refractivity contribution in [1.82, 2.24) is 4.90 Å². The lowest BCUT2D eigenvalue weighted by atomic mass is 9.72. The molecule has 2 amide bonds. The Morgan fingerprint density at radius 2 is 2.00 bits per heavy atom. The van der Waals surface area contributed by atoms with E-state index in [1.54, 1.807) is 23.3 Å². The molecule has 1 aromatic heterocycles. The van der Waals surface area contributed by atoms with Gasteiger partial charge in [0.1, 0.15) is 0 Å². The molecular weight excluding hydrogens is 284 g/mol. The van der Waals surface area contributed by atoms with Gasteiger partial charge in [0, 0.05) is 30.1 Å². The SMILES string of the molecule is CN(Cc1csc2ccccc12)C(=O)[C@@H]1CC[C@H]1C(N)=O. The predicted octanol–water partition coefficient (Wildman–Crippen LogP) is 2.37. The van der Waals surface area contributed by atoms with Gasteiger partial charge in [-0.1, -0.05) is 18.2 Å². The third-order valence-corrected chi connectivity index (χ3v) is 5.31. The number of primary amides is 1. The van der Waals surface area contributed by atoms with Gasteiger partial charge in [-0.25, -0.2) is 0 Å². The highest BCUT2D eigenvalue weighted by atomic mass is 32.1. The number of benzene rings is 1. The van der Waals surface area contributed by atoms with Crippen molar-refractivity contribution in [3.63, 3.8) is 0 Å². The van der Waals surface area contributed by atoms with Gasteiger partial charge < -0.3 is 10.6 Å². The molecule has 2 N–H and O–H groups in total. The van der Waals surface area contributed by atoms with E-state index in [1.165, 1.54) is 10.1 Å². The molecule has 1 saturated carbocycles. The van der Waals surface area contributed by atoms with E-state index in [0.717, 1.165) is 18.4 Å². The number of carbonyl (C=O) groups is 2. The molecule has 4 nitrogen and oxygen atoms in total. The van der Waals surface area contributed by atoms with Gasteiger partial charge in [-0.2, -0.15) is 0 Å². The Balaban J connectivity index is 1.73. The van der Waals surface area contributed by atoms with Crippen molar-refractivity contribution in [1.29, 1.82) is 0 Å². The zero-order chi connectivity index (χ0) is 15.0. The van der Waals surface area contributed by atoms with Gasteiger partial charge in [-0.3, -0.25) is 9.59 Å². The smallest absolute Gasteiger partial charge is 0.226 e. The molecular formula is C16H18N2O2S. The van der Waals surface area contributed by atoms with Crippen molar-refractivity contribution < 1.29 is 9.59 Å². The van der Waals surface area contributed by atoms with Crippen LogP contribution in [0.5, 0.6) is 0 Å². The highest BCUT2D eigenvalue weighted by molar-refractivity contribution is 7.17. The molecule has 0 aliphatic heterocycles. The number of hydrogen-bond donors (Lipinski definition) is 1. The monoisotopic (exact) mass is 302 g/mol. The summed E-state index contributed by atoms with van der Waals surface area (Å²) in [6.45, 7) is 0.574. The fourth-order valence-corrected chi connectivity index (χ4v) is 3.86. The summed E-state index contributed by atoms with van der Waals surface area (Å²) < 4.78 is 1.23. The fourth-order valence-electron chi connectivity index (χ4n) is 2.91. The maximum atomic E-state index is 12.4. The van der Waals surface area contributed by atoms with Crippen LogP contribution in [0.25, 0.3) is 10.1 Å². The largest absolute Gasteiger partial charge is 0.369 e. The number of nitrogens with zero attached hydrogens (tertiary/aromatic N) is 1. The number of nitrogens with two attached hydrogens (primary N) is 1. The lowest BCUT2D eigenvalue weighted by Crippen LogP contribution is -2.46. The van der Waals surface area contributed by atoms with E-state index in [2.05, 4.69) is 17.5 Å². The Hall–Kier alpha value is -1.88. The second kappa shape index (κ2) is 5.48. The third-order valence-electron chi connectivity index (χ3n) is 4.30. The van der Waals surface area contributed by atoms with Gasteiger partial charge in [0.05, 0.1) is 0 Å². The molecule has 0 unspecified atom stereocenters. The van der Waals surface area contributed by atoms with Crippen molar-refractivity contribution in [2.45, 2.75) is 19.4 Å². The molecule has 1 heterocycles. The summed E-state index contributed by atoms with van der Waals surface area (Å²) in [6, 6.07) is 8.19. The first-order valence-electron chi connectivity index (χ1n) is 7.07. The predicted molar refractivity (Wildman–Crippen MR) is 83.7 cm³/mol. The lowest BCUT2D eigenvalue weighted by molar-refractivity contribution is -0.145. The minimum absolute atomic E-state index is 0.0281. The third kappa shape index (κ3) is 2.53. The van der Waals surface area contributed by atoms with Gasteiger partial charge in [-0.05, 0) is 35.2 Å². The Kier molecular flexibility index (Phi) is 3.68. The molecule has 1 aromatic carbocycles. The van der Waals surface area contributed by atoms with E-state index in [-0.39, 0.29) is 23.7 Å². The summed E-state index contributed by atoms with van der Waals surface area (Å²) >= 11 is 1.69. The molecule has 1 aliphatic rings. The minimum atomic E-state index is -0.353. The summed E-state index contributed by atoms with van der Waals surface area (Å²) in [7, 11) is 1.80. The molecule has 21 heavy (non-hydrogen) atoms. The number of amides is 2. The molecule has 1 fully saturated rings. The van der Waals surface area contributed by atoms with Crippen molar-refractivity contribution in [3.8, 4) is 0 Å². The van der Waals surface area contributed by atoms with E-state index in [4.69, 9.17) is 5.73 Å². The van der Waals surface area contributed by atoms with Crippen LogP contribution in [0.4, 0.5) is 0 Å². The van der Waals surface area contributed by atoms with Crippen molar-refractivity contribution in [2.75, 3.05) is 7.05 Å². The number of carbonyl (C=O) groups excluding carboxylic acids is 2. The molecule has 0 saturated heterocycles. The second-order valence-electron chi connectivity index (χ2n) is 5.64. The van der Waals surface area contributed by atoms with Crippen LogP contribution in [0.2, 0.25) is 0 Å². The summed E-state index contributed by atoms with van der Waals surface area (Å²) in [5.41, 5.74) is 6.48. The first kappa shape index (κ1) is 14.1. The van der Waals surface area contributed by atoms with Crippen molar-refractivity contribution >= 4 is 33.2 Å². The summed E-state index contributed by atoms with van der Waals surface area (Å²) in [4.78, 5) is 25.4. The minimum Gasteiger partial charge on any atom is -0.369 e. The molecule has 0 spiro atoms. The molecule has 5 heteroatoms. The van der Waals surface area contributed by atoms with Crippen molar-refractivity contribution in [2.24, 2.45) is 17.6 Å². The number of thiophene rings is 1. The first-order chi connectivity index (χ1) is 10.1. The van der Waals surface area contributed by atoms with Crippen molar-refractivity contribution in [3.05, 3.63) is 35.2 Å². The van der Waals surface area contributed by atoms with Crippen LogP contribution < -0.4 is 5.73 Å². The topological polar surface area (TPSA) is 63.4 Å². The fraction of sp³-hybridized carbons (Fsp3) is 0.375. The molecule has 2 aromatic rings. The molecule has 3 rings (SSSR count). The molecule has 0 bridgehead atoms. The van der Waals surface area contributed by atoms with Gasteiger partial charge in [0.15, 0.2) is 0 Å². The molecule has 110 valence electrons. The Morgan fingerprint density at radius 3 is 2.67 bits per heavy atom. The maximum Gasteiger partial charge on any atom is 0.226 e. The van der Waals surface area contributed by atoms with Gasteiger partial charge in [-0.15, -0.1) is 11.3 Å². The van der Waals surface area contributed by atoms with Crippen LogP contribution in [0.3, 0.4) is 0 Å². The standard InChI is InChI=1S/C16H18N2O2S/c1-18(16(20)13-7-6-12(13)15(17)19)8-10-9-21-14-5-3-2-4-11(10)14/h2-5,9,12-13H,6-8H2,1H3,(H2,17,19)/t12-,13-/m1/s1. The van der Waals surface area contributed by atoms with Gasteiger partial charge in [0.25, 0.3) is 0 Å². The number of hydrogen-bond acceptors (Lipinski definition) is 3. The van der Waals surface area contributed by atoms with E-state index >= 15 is 0 Å². The highest BCUT2D eigenvalue weighted by Gasteiger charge is 2.41. The first-order valence-corrected chi connectivity index (χ1v) is 7.95. The second-order valence-corrected chi connectivity index (χ2v) is 6.56. The zero-order valence-corrected chi connectivity index (χ0v) is 12.7. The van der Waals surface area contributed by atoms with E-state index in [0.29, 0.717) is 6.54 Å². The van der Waals surface area contributed by atoms with Crippen LogP contribution in [0.15, 0.2) is 29.6 Å². The van der Waals surface area contributed by atoms with Crippen LogP contribution in [0, 0.1) is 11.8 Å². The summed E-state index contributed by atoms with van der Waals surface area (Å²) in [6.07, 6.45) is 1.50. The Bertz CT molecular complexity index is 694. The van der Waals surface area contributed by atoms with Crippen LogP contribution in [0.1, 0.15) is 18.4 Å². The van der Waals surface area contributed by atoms with Gasteiger partial charge >= 0.3 is 0 Å². The maximum absolute atomic E-state index is 12.4. The molecule has 1 aliphatic carbocycles. The van der Waals surface area contributed by atoms with Crippen LogP contribution in [-0.2, 0) is 16.1 Å². The molecule has 0 radical (unpaired) electrons. The summed E-state index contributed by atoms with van der Waals surface area (Å²) in [5, 5.41) is 3.29.